The van der Waals surface area contributed by atoms with Crippen LogP contribution < -0.4 is 5.32 Å². The van der Waals surface area contributed by atoms with Crippen molar-refractivity contribution in [1.29, 1.82) is 0 Å². The monoisotopic (exact) mass is 253 g/mol. The Kier molecular flexibility index (Phi) is 5.03. The molecular formula is C12H15NO3S. The summed E-state index contributed by atoms with van der Waals surface area (Å²) in [6.45, 7) is 3.87. The van der Waals surface area contributed by atoms with E-state index in [4.69, 9.17) is 5.11 Å². The van der Waals surface area contributed by atoms with E-state index in [2.05, 4.69) is 5.32 Å². The molecule has 0 aliphatic heterocycles. The molecule has 2 N–H and O–H groups in total. The summed E-state index contributed by atoms with van der Waals surface area (Å²) in [5.41, 5.74) is 2.85. The Morgan fingerprint density at radius 1 is 1.29 bits per heavy atom. The molecule has 0 aliphatic carbocycles. The van der Waals surface area contributed by atoms with E-state index in [0.29, 0.717) is 0 Å². The number of rotatable bonds is 5. The predicted molar refractivity (Wildman–Crippen MR) is 69.5 cm³/mol. The van der Waals surface area contributed by atoms with E-state index >= 15 is 0 Å². The van der Waals surface area contributed by atoms with Crippen molar-refractivity contribution in [3.8, 4) is 0 Å². The number of carboxylic acids is 1. The Bertz CT molecular complexity index is 432. The van der Waals surface area contributed by atoms with Crippen LogP contribution in [0.1, 0.15) is 11.1 Å². The Balaban J connectivity index is 2.50. The van der Waals surface area contributed by atoms with E-state index in [1.165, 1.54) is 0 Å². The van der Waals surface area contributed by atoms with Crippen molar-refractivity contribution in [3.05, 3.63) is 29.3 Å². The Morgan fingerprint density at radius 3 is 2.65 bits per heavy atom. The van der Waals surface area contributed by atoms with Crippen molar-refractivity contribution in [3.63, 3.8) is 0 Å². The van der Waals surface area contributed by atoms with Gasteiger partial charge >= 0.3 is 5.97 Å². The standard InChI is InChI=1S/C12H15NO3S/c1-8-3-4-9(2)10(5-8)13-11(14)6-17-7-12(15)16/h3-5H,6-7H2,1-2H3,(H,13,14)(H,15,16). The van der Waals surface area contributed by atoms with E-state index in [1.54, 1.807) is 0 Å². The van der Waals surface area contributed by atoms with E-state index in [1.807, 2.05) is 32.0 Å². The minimum atomic E-state index is -0.908. The van der Waals surface area contributed by atoms with Crippen LogP contribution in [0.5, 0.6) is 0 Å². The molecule has 0 radical (unpaired) electrons. The van der Waals surface area contributed by atoms with Gasteiger partial charge in [0.2, 0.25) is 5.91 Å². The van der Waals surface area contributed by atoms with Crippen LogP contribution in [0, 0.1) is 13.8 Å². The molecule has 0 bridgehead atoms. The summed E-state index contributed by atoms with van der Waals surface area (Å²) in [6.07, 6.45) is 0. The van der Waals surface area contributed by atoms with Crippen molar-refractivity contribution in [1.82, 2.24) is 0 Å². The number of hydrogen-bond donors (Lipinski definition) is 2. The van der Waals surface area contributed by atoms with Crippen LogP contribution in [0.25, 0.3) is 0 Å². The number of hydrogen-bond acceptors (Lipinski definition) is 3. The number of thioether (sulfide) groups is 1. The van der Waals surface area contributed by atoms with Crippen molar-refractivity contribution < 1.29 is 14.7 Å². The molecule has 5 heteroatoms. The molecule has 1 rings (SSSR count). The van der Waals surface area contributed by atoms with Gasteiger partial charge in [0.25, 0.3) is 0 Å². The first-order valence-electron chi connectivity index (χ1n) is 5.15. The summed E-state index contributed by atoms with van der Waals surface area (Å²) in [4.78, 5) is 21.8. The number of anilines is 1. The molecule has 1 aromatic rings. The normalized spacial score (nSPS) is 10.0. The molecule has 1 aromatic carbocycles. The summed E-state index contributed by atoms with van der Waals surface area (Å²) >= 11 is 1.09. The lowest BCUT2D eigenvalue weighted by atomic mass is 10.1. The molecule has 0 unspecified atom stereocenters. The summed E-state index contributed by atoms with van der Waals surface area (Å²) in [5, 5.41) is 11.2. The molecule has 17 heavy (non-hydrogen) atoms. The lowest BCUT2D eigenvalue weighted by Gasteiger charge is -2.08. The van der Waals surface area contributed by atoms with Crippen molar-refractivity contribution in [2.45, 2.75) is 13.8 Å². The topological polar surface area (TPSA) is 66.4 Å². The number of carboxylic acid groups (broad SMARTS) is 1. The molecule has 0 atom stereocenters. The third kappa shape index (κ3) is 4.91. The molecule has 0 spiro atoms. The van der Waals surface area contributed by atoms with E-state index < -0.39 is 5.97 Å². The smallest absolute Gasteiger partial charge is 0.313 e. The van der Waals surface area contributed by atoms with Crippen LogP contribution >= 0.6 is 11.8 Å². The van der Waals surface area contributed by atoms with Gasteiger partial charge in [0.05, 0.1) is 11.5 Å². The Labute approximate surface area is 104 Å². The Hall–Kier alpha value is -1.49. The Morgan fingerprint density at radius 2 is 2.00 bits per heavy atom. The van der Waals surface area contributed by atoms with E-state index in [0.717, 1.165) is 28.6 Å². The van der Waals surface area contributed by atoms with Gasteiger partial charge in [-0.05, 0) is 31.0 Å². The fourth-order valence-corrected chi connectivity index (χ4v) is 1.82. The molecular weight excluding hydrogens is 238 g/mol. The van der Waals surface area contributed by atoms with Crippen LogP contribution in [-0.2, 0) is 9.59 Å². The van der Waals surface area contributed by atoms with Gasteiger partial charge in [-0.25, -0.2) is 0 Å². The molecule has 0 fully saturated rings. The third-order valence-electron chi connectivity index (χ3n) is 2.13. The van der Waals surface area contributed by atoms with Crippen molar-refractivity contribution in [2.24, 2.45) is 0 Å². The largest absolute Gasteiger partial charge is 0.481 e. The molecule has 4 nitrogen and oxygen atoms in total. The van der Waals surface area contributed by atoms with Crippen LogP contribution in [0.15, 0.2) is 18.2 Å². The minimum absolute atomic E-state index is 0.0553. The van der Waals surface area contributed by atoms with Crippen LogP contribution in [0.3, 0.4) is 0 Å². The van der Waals surface area contributed by atoms with Crippen LogP contribution in [-0.4, -0.2) is 28.5 Å². The summed E-state index contributed by atoms with van der Waals surface area (Å²) in [6, 6.07) is 5.81. The molecule has 0 saturated carbocycles. The SMILES string of the molecule is Cc1ccc(C)c(NC(=O)CSCC(=O)O)c1. The lowest BCUT2D eigenvalue weighted by molar-refractivity contribution is -0.133. The number of aliphatic carboxylic acids is 1. The first-order chi connectivity index (χ1) is 7.99. The number of benzene rings is 1. The number of nitrogens with one attached hydrogen (secondary N) is 1. The average Bonchev–Trinajstić information content (AvgIpc) is 2.23. The van der Waals surface area contributed by atoms with E-state index in [9.17, 15) is 9.59 Å². The molecule has 0 aromatic heterocycles. The highest BCUT2D eigenvalue weighted by atomic mass is 32.2. The van der Waals surface area contributed by atoms with Crippen molar-refractivity contribution >= 4 is 29.3 Å². The summed E-state index contributed by atoms with van der Waals surface area (Å²) in [7, 11) is 0. The second kappa shape index (κ2) is 6.30. The summed E-state index contributed by atoms with van der Waals surface area (Å²) < 4.78 is 0. The van der Waals surface area contributed by atoms with Crippen LogP contribution in [0.4, 0.5) is 5.69 Å². The molecule has 0 aliphatic rings. The minimum Gasteiger partial charge on any atom is -0.481 e. The quantitative estimate of drug-likeness (QED) is 0.843. The zero-order valence-electron chi connectivity index (χ0n) is 9.82. The van der Waals surface area contributed by atoms with Gasteiger partial charge in [-0.15, -0.1) is 11.8 Å². The van der Waals surface area contributed by atoms with E-state index in [-0.39, 0.29) is 17.4 Å². The fraction of sp³-hybridized carbons (Fsp3) is 0.333. The second-order valence-electron chi connectivity index (χ2n) is 3.75. The van der Waals surface area contributed by atoms with Gasteiger partial charge in [-0.2, -0.15) is 0 Å². The highest BCUT2D eigenvalue weighted by Crippen LogP contribution is 2.16. The highest BCUT2D eigenvalue weighted by molar-refractivity contribution is 8.00. The van der Waals surface area contributed by atoms with Gasteiger partial charge < -0.3 is 10.4 Å². The summed E-state index contributed by atoms with van der Waals surface area (Å²) in [5.74, 6) is -0.987. The first-order valence-corrected chi connectivity index (χ1v) is 6.31. The van der Waals surface area contributed by atoms with Gasteiger partial charge in [-0.1, -0.05) is 12.1 Å². The average molecular weight is 253 g/mol. The first kappa shape index (κ1) is 13.6. The highest BCUT2D eigenvalue weighted by Gasteiger charge is 2.06. The second-order valence-corrected chi connectivity index (χ2v) is 4.74. The number of aryl methyl sites for hydroxylation is 2. The zero-order valence-corrected chi connectivity index (χ0v) is 10.6. The maximum absolute atomic E-state index is 11.5. The third-order valence-corrected chi connectivity index (χ3v) is 3.04. The molecule has 92 valence electrons. The molecule has 0 heterocycles. The zero-order chi connectivity index (χ0) is 12.8. The maximum Gasteiger partial charge on any atom is 0.313 e. The van der Waals surface area contributed by atoms with Crippen LogP contribution in [0.2, 0.25) is 0 Å². The van der Waals surface area contributed by atoms with Crippen molar-refractivity contribution in [2.75, 3.05) is 16.8 Å². The number of amides is 1. The van der Waals surface area contributed by atoms with Gasteiger partial charge in [0.15, 0.2) is 0 Å². The molecule has 0 saturated heterocycles. The van der Waals surface area contributed by atoms with Gasteiger partial charge in [-0.3, -0.25) is 9.59 Å². The lowest BCUT2D eigenvalue weighted by Crippen LogP contribution is -2.16. The van der Waals surface area contributed by atoms with Gasteiger partial charge in [0.1, 0.15) is 0 Å². The predicted octanol–water partition coefficient (Wildman–Crippen LogP) is 2.06. The number of carbonyl (C=O) groups excluding carboxylic acids is 1. The fourth-order valence-electron chi connectivity index (χ4n) is 1.29. The number of carbonyl (C=O) groups is 2. The molecule has 1 amide bonds. The maximum atomic E-state index is 11.5. The van der Waals surface area contributed by atoms with Gasteiger partial charge in [0, 0.05) is 5.69 Å².